The van der Waals surface area contributed by atoms with Crippen molar-refractivity contribution in [1.82, 2.24) is 14.8 Å². The highest BCUT2D eigenvalue weighted by molar-refractivity contribution is 6.00. The first-order valence-corrected chi connectivity index (χ1v) is 8.03. The van der Waals surface area contributed by atoms with E-state index in [1.54, 1.807) is 16.8 Å². The third-order valence-corrected chi connectivity index (χ3v) is 4.69. The predicted octanol–water partition coefficient (Wildman–Crippen LogP) is 2.84. The molecule has 2 heterocycles. The van der Waals surface area contributed by atoms with Crippen molar-refractivity contribution in [3.63, 3.8) is 0 Å². The molecule has 1 aromatic carbocycles. The number of hydrogen-bond acceptors (Lipinski definition) is 6. The first kappa shape index (κ1) is 15.5. The van der Waals surface area contributed by atoms with Crippen LogP contribution in [0.15, 0.2) is 41.9 Å². The number of ketones is 1. The van der Waals surface area contributed by atoms with E-state index in [0.29, 0.717) is 17.9 Å². The van der Waals surface area contributed by atoms with Crippen LogP contribution in [0.3, 0.4) is 0 Å². The second-order valence-corrected chi connectivity index (χ2v) is 7.24. The zero-order chi connectivity index (χ0) is 17.8. The third-order valence-electron chi connectivity index (χ3n) is 4.69. The number of non-ortho nitro benzene ring substituents is 1. The van der Waals surface area contributed by atoms with Crippen LogP contribution in [0.4, 0.5) is 11.6 Å². The summed E-state index contributed by atoms with van der Waals surface area (Å²) in [6, 6.07) is 5.84. The molecule has 128 valence electrons. The summed E-state index contributed by atoms with van der Waals surface area (Å²) in [5.74, 6) is 0.649. The van der Waals surface area contributed by atoms with E-state index in [0.717, 1.165) is 17.7 Å². The summed E-state index contributed by atoms with van der Waals surface area (Å²) >= 11 is 0. The Morgan fingerprint density at radius 3 is 2.68 bits per heavy atom. The lowest BCUT2D eigenvalue weighted by Crippen LogP contribution is -2.36. The van der Waals surface area contributed by atoms with Crippen molar-refractivity contribution < 1.29 is 9.72 Å². The number of hydrogen-bond donors (Lipinski definition) is 1. The average molecular weight is 339 g/mol. The quantitative estimate of drug-likeness (QED) is 0.666. The van der Waals surface area contributed by atoms with Crippen molar-refractivity contribution in [1.29, 1.82) is 0 Å². The van der Waals surface area contributed by atoms with E-state index in [1.165, 1.54) is 18.5 Å². The van der Waals surface area contributed by atoms with Gasteiger partial charge in [-0.15, -0.1) is 0 Å². The minimum atomic E-state index is -0.438. The van der Waals surface area contributed by atoms with Crippen molar-refractivity contribution in [3.8, 4) is 0 Å². The average Bonchev–Trinajstić information content (AvgIpc) is 2.99. The monoisotopic (exact) mass is 339 g/mol. The van der Waals surface area contributed by atoms with E-state index in [2.05, 4.69) is 29.2 Å². The van der Waals surface area contributed by atoms with Gasteiger partial charge in [0.1, 0.15) is 12.4 Å². The second-order valence-electron chi connectivity index (χ2n) is 7.24. The maximum atomic E-state index is 12.9. The number of fused-ring (bicyclic) bond motifs is 1. The van der Waals surface area contributed by atoms with Crippen molar-refractivity contribution in [2.24, 2.45) is 5.41 Å². The highest BCUT2D eigenvalue weighted by atomic mass is 16.6. The van der Waals surface area contributed by atoms with Crippen molar-refractivity contribution in [3.05, 3.63) is 57.5 Å². The number of allylic oxidation sites excluding steroid dienone is 2. The summed E-state index contributed by atoms with van der Waals surface area (Å²) in [6.45, 7) is 4.13. The van der Waals surface area contributed by atoms with Gasteiger partial charge in [-0.3, -0.25) is 14.9 Å². The summed E-state index contributed by atoms with van der Waals surface area (Å²) in [5.41, 5.74) is 2.21. The number of benzene rings is 1. The van der Waals surface area contributed by atoms with Gasteiger partial charge in [0.05, 0.1) is 4.92 Å². The molecule has 0 saturated carbocycles. The molecule has 0 unspecified atom stereocenters. The molecule has 0 radical (unpaired) electrons. The Kier molecular flexibility index (Phi) is 3.24. The van der Waals surface area contributed by atoms with Crippen molar-refractivity contribution >= 4 is 17.4 Å². The molecule has 0 bridgehead atoms. The Morgan fingerprint density at radius 2 is 2.00 bits per heavy atom. The van der Waals surface area contributed by atoms with Crippen LogP contribution in [0, 0.1) is 15.5 Å². The van der Waals surface area contributed by atoms with Crippen LogP contribution in [0.2, 0.25) is 0 Å². The zero-order valence-electron chi connectivity index (χ0n) is 13.9. The van der Waals surface area contributed by atoms with Crippen LogP contribution < -0.4 is 5.32 Å². The number of nitro groups is 1. The predicted molar refractivity (Wildman–Crippen MR) is 89.9 cm³/mol. The van der Waals surface area contributed by atoms with Crippen molar-refractivity contribution in [2.45, 2.75) is 32.7 Å². The normalized spacial score (nSPS) is 21.4. The van der Waals surface area contributed by atoms with Crippen LogP contribution in [-0.4, -0.2) is 25.5 Å². The summed E-state index contributed by atoms with van der Waals surface area (Å²) in [4.78, 5) is 27.6. The molecule has 0 saturated heterocycles. The van der Waals surface area contributed by atoms with Crippen LogP contribution in [-0.2, 0) is 4.79 Å². The number of rotatable bonds is 2. The molecule has 4 rings (SSSR count). The maximum absolute atomic E-state index is 12.9. The number of carbonyl (C=O) groups is 1. The highest BCUT2D eigenvalue weighted by Crippen LogP contribution is 2.45. The summed E-state index contributed by atoms with van der Waals surface area (Å²) in [5, 5.41) is 18.4. The number of nitrogens with zero attached hydrogens (tertiary/aromatic N) is 4. The van der Waals surface area contributed by atoms with E-state index >= 15 is 0 Å². The SMILES string of the molecule is CC1(C)CC(=O)C2=C(C1)Nc1ncnn1[C@@H]2c1ccc([N+](=O)[O-])cc1. The van der Waals surface area contributed by atoms with E-state index in [-0.39, 0.29) is 16.9 Å². The first-order valence-electron chi connectivity index (χ1n) is 8.03. The molecule has 8 heteroatoms. The number of nitro benzene ring substituents is 1. The number of Topliss-reactive ketones (excluding diaryl/α,β-unsaturated/α-hetero) is 1. The van der Waals surface area contributed by atoms with Crippen molar-refractivity contribution in [2.75, 3.05) is 5.32 Å². The number of carbonyl (C=O) groups excluding carboxylic acids is 1. The maximum Gasteiger partial charge on any atom is 0.269 e. The van der Waals surface area contributed by atoms with Gasteiger partial charge in [-0.2, -0.15) is 10.1 Å². The summed E-state index contributed by atoms with van der Waals surface area (Å²) < 4.78 is 1.66. The minimum absolute atomic E-state index is 0.0156. The molecule has 1 atom stereocenters. The van der Waals surface area contributed by atoms with E-state index in [1.807, 2.05) is 0 Å². The van der Waals surface area contributed by atoms with Gasteiger partial charge in [0.15, 0.2) is 5.78 Å². The van der Waals surface area contributed by atoms with Crippen LogP contribution in [0.5, 0.6) is 0 Å². The standard InChI is InChI=1S/C17H17N5O3/c1-17(2)7-12-14(13(23)8-17)15(21-16(20-12)18-9-19-21)10-3-5-11(6-4-10)22(24)25/h3-6,9,15H,7-8H2,1-2H3,(H,18,19,20)/t15-/m1/s1. The van der Waals surface area contributed by atoms with Crippen LogP contribution in [0.25, 0.3) is 0 Å². The Labute approximate surface area is 143 Å². The molecule has 1 N–H and O–H groups in total. The molecule has 2 aliphatic rings. The molecular formula is C17H17N5O3. The molecule has 1 aliphatic carbocycles. The molecule has 0 fully saturated rings. The van der Waals surface area contributed by atoms with Gasteiger partial charge in [-0.1, -0.05) is 13.8 Å². The Bertz CT molecular complexity index is 911. The molecule has 0 amide bonds. The summed E-state index contributed by atoms with van der Waals surface area (Å²) in [6.07, 6.45) is 2.64. The lowest BCUT2D eigenvalue weighted by atomic mass is 9.73. The topological polar surface area (TPSA) is 103 Å². The minimum Gasteiger partial charge on any atom is -0.328 e. The molecule has 1 aliphatic heterocycles. The highest BCUT2D eigenvalue weighted by Gasteiger charge is 2.41. The van der Waals surface area contributed by atoms with E-state index < -0.39 is 11.0 Å². The van der Waals surface area contributed by atoms with Crippen LogP contribution >= 0.6 is 0 Å². The molecule has 1 aromatic heterocycles. The molecule has 8 nitrogen and oxygen atoms in total. The fourth-order valence-corrected chi connectivity index (χ4v) is 3.64. The van der Waals surface area contributed by atoms with E-state index in [9.17, 15) is 14.9 Å². The second kappa shape index (κ2) is 5.23. The zero-order valence-corrected chi connectivity index (χ0v) is 13.9. The molecule has 2 aromatic rings. The van der Waals surface area contributed by atoms with Gasteiger partial charge in [0.2, 0.25) is 5.95 Å². The Balaban J connectivity index is 1.85. The first-order chi connectivity index (χ1) is 11.9. The van der Waals surface area contributed by atoms with Gasteiger partial charge >= 0.3 is 0 Å². The fourth-order valence-electron chi connectivity index (χ4n) is 3.64. The van der Waals surface area contributed by atoms with Gasteiger partial charge in [-0.25, -0.2) is 4.68 Å². The van der Waals surface area contributed by atoms with Gasteiger partial charge in [0, 0.05) is 29.8 Å². The Hall–Kier alpha value is -3.03. The largest absolute Gasteiger partial charge is 0.328 e. The van der Waals surface area contributed by atoms with Gasteiger partial charge < -0.3 is 5.32 Å². The molecule has 25 heavy (non-hydrogen) atoms. The lowest BCUT2D eigenvalue weighted by Gasteiger charge is -2.38. The third kappa shape index (κ3) is 2.50. The van der Waals surface area contributed by atoms with E-state index in [4.69, 9.17) is 0 Å². The van der Waals surface area contributed by atoms with Gasteiger partial charge in [-0.05, 0) is 29.5 Å². The number of aromatic nitrogens is 3. The van der Waals surface area contributed by atoms with Gasteiger partial charge in [0.25, 0.3) is 5.69 Å². The molecular weight excluding hydrogens is 322 g/mol. The number of nitrogens with one attached hydrogen (secondary N) is 1. The fraction of sp³-hybridized carbons (Fsp3) is 0.353. The molecule has 0 spiro atoms. The lowest BCUT2D eigenvalue weighted by molar-refractivity contribution is -0.384. The Morgan fingerprint density at radius 1 is 1.28 bits per heavy atom. The summed E-state index contributed by atoms with van der Waals surface area (Å²) in [7, 11) is 0. The smallest absolute Gasteiger partial charge is 0.269 e. The van der Waals surface area contributed by atoms with Crippen LogP contribution in [0.1, 0.15) is 38.3 Å². The number of anilines is 1.